The van der Waals surface area contributed by atoms with Gasteiger partial charge in [0.2, 0.25) is 0 Å². The van der Waals surface area contributed by atoms with Crippen LogP contribution in [-0.2, 0) is 0 Å². The van der Waals surface area contributed by atoms with Crippen LogP contribution in [0.2, 0.25) is 0 Å². The number of nitrogens with one attached hydrogen (secondary N) is 1. The van der Waals surface area contributed by atoms with Crippen molar-refractivity contribution in [3.05, 3.63) is 0 Å². The number of nitrogens with zero attached hydrogens (tertiary/aromatic N) is 1. The van der Waals surface area contributed by atoms with Crippen molar-refractivity contribution in [3.8, 4) is 0 Å². The molecule has 1 aliphatic heterocycles. The lowest BCUT2D eigenvalue weighted by Gasteiger charge is -1.82. The molecule has 1 radical (unpaired) electrons. The molecular formula is C3H5N2S. The average molecular weight is 101 g/mol. The minimum absolute atomic E-state index is 0.662. The smallest absolute Gasteiger partial charge is 0.188 e. The minimum atomic E-state index is 0.662. The molecule has 0 atom stereocenters. The molecule has 3 heteroatoms. The summed E-state index contributed by atoms with van der Waals surface area (Å²) in [6.07, 6.45) is 0. The van der Waals surface area contributed by atoms with Crippen LogP contribution in [0.1, 0.15) is 0 Å². The Hall–Kier alpha value is -0.310. The third kappa shape index (κ3) is 0.597. The Balaban J connectivity index is 2.45. The molecule has 0 saturated carbocycles. The maximum atomic E-state index is 4.64. The van der Waals surface area contributed by atoms with Gasteiger partial charge in [0.05, 0.1) is 6.54 Å². The van der Waals surface area contributed by atoms with Gasteiger partial charge < -0.3 is 5.32 Å². The van der Waals surface area contributed by atoms with Crippen LogP contribution in [0.5, 0.6) is 0 Å². The van der Waals surface area contributed by atoms with Crippen LogP contribution in [0.25, 0.3) is 0 Å². The lowest BCUT2D eigenvalue weighted by Crippen LogP contribution is -2.11. The minimum Gasteiger partial charge on any atom is -0.359 e. The lowest BCUT2D eigenvalue weighted by atomic mass is 10.7. The summed E-state index contributed by atoms with van der Waals surface area (Å²) < 4.78 is 0. The average Bonchev–Trinajstić information content (AvgIpc) is 1.86. The van der Waals surface area contributed by atoms with Crippen LogP contribution in [-0.4, -0.2) is 18.3 Å². The van der Waals surface area contributed by atoms with E-state index in [0.717, 1.165) is 13.1 Å². The summed E-state index contributed by atoms with van der Waals surface area (Å²) in [4.78, 5) is 3.86. The number of aliphatic imine (C=N–C) groups is 1. The van der Waals surface area contributed by atoms with E-state index in [1.54, 1.807) is 0 Å². The summed E-state index contributed by atoms with van der Waals surface area (Å²) in [7, 11) is 0. The van der Waals surface area contributed by atoms with Crippen molar-refractivity contribution in [3.63, 3.8) is 0 Å². The first-order valence-corrected chi connectivity index (χ1v) is 2.26. The van der Waals surface area contributed by atoms with Gasteiger partial charge in [0.15, 0.2) is 5.17 Å². The molecule has 0 aromatic heterocycles. The van der Waals surface area contributed by atoms with E-state index in [0.29, 0.717) is 5.17 Å². The van der Waals surface area contributed by atoms with Crippen molar-refractivity contribution in [2.24, 2.45) is 4.99 Å². The molecule has 1 heterocycles. The van der Waals surface area contributed by atoms with Crippen LogP contribution in [0.3, 0.4) is 0 Å². The number of amidine groups is 1. The molecule has 0 unspecified atom stereocenters. The summed E-state index contributed by atoms with van der Waals surface area (Å²) in [5, 5.41) is 3.55. The second-order valence-corrected chi connectivity index (χ2v) is 1.50. The molecule has 0 aliphatic carbocycles. The van der Waals surface area contributed by atoms with Gasteiger partial charge in [0, 0.05) is 6.54 Å². The standard InChI is InChI=1S/C3H5N2S/c6-3-4-1-2-5-3/h1-2H2,(H,4,5). The molecule has 0 spiro atoms. The first kappa shape index (κ1) is 3.87. The molecule has 0 aromatic rings. The molecule has 0 saturated heterocycles. The molecule has 1 rings (SSSR count). The van der Waals surface area contributed by atoms with Crippen LogP contribution >= 0.6 is 12.6 Å². The SMILES string of the molecule is [S]C1=NCCN1. The number of rotatable bonds is 0. The highest BCUT2D eigenvalue weighted by Gasteiger charge is 1.96. The van der Waals surface area contributed by atoms with Crippen LogP contribution < -0.4 is 5.32 Å². The second-order valence-electron chi connectivity index (χ2n) is 1.11. The first-order chi connectivity index (χ1) is 2.89. The Bertz CT molecular complexity index is 78.9. The van der Waals surface area contributed by atoms with Gasteiger partial charge in [-0.05, 0) is 12.6 Å². The van der Waals surface area contributed by atoms with Gasteiger partial charge in [0.1, 0.15) is 0 Å². The fourth-order valence-corrected chi connectivity index (χ4v) is 0.570. The van der Waals surface area contributed by atoms with E-state index >= 15 is 0 Å². The molecule has 0 aromatic carbocycles. The zero-order valence-electron chi connectivity index (χ0n) is 3.27. The maximum Gasteiger partial charge on any atom is 0.188 e. The van der Waals surface area contributed by atoms with Gasteiger partial charge in [-0.2, -0.15) is 0 Å². The van der Waals surface area contributed by atoms with Gasteiger partial charge in [-0.1, -0.05) is 0 Å². The second kappa shape index (κ2) is 1.43. The summed E-state index contributed by atoms with van der Waals surface area (Å²) in [6.45, 7) is 1.79. The zero-order chi connectivity index (χ0) is 4.41. The molecule has 33 valence electrons. The highest BCUT2D eigenvalue weighted by atomic mass is 32.1. The predicted molar refractivity (Wildman–Crippen MR) is 27.9 cm³/mol. The molecule has 0 amide bonds. The van der Waals surface area contributed by atoms with E-state index in [1.165, 1.54) is 0 Å². The monoisotopic (exact) mass is 101 g/mol. The summed E-state index contributed by atoms with van der Waals surface area (Å²) in [5.74, 6) is 0. The predicted octanol–water partition coefficient (Wildman–Crippen LogP) is 0.143. The highest BCUT2D eigenvalue weighted by Crippen LogP contribution is 1.85. The van der Waals surface area contributed by atoms with Gasteiger partial charge in [0.25, 0.3) is 0 Å². The van der Waals surface area contributed by atoms with Crippen molar-refractivity contribution in [2.75, 3.05) is 13.1 Å². The lowest BCUT2D eigenvalue weighted by molar-refractivity contribution is 0.964. The fourth-order valence-electron chi connectivity index (χ4n) is 0.376. The van der Waals surface area contributed by atoms with E-state index in [9.17, 15) is 0 Å². The Labute approximate surface area is 42.1 Å². The van der Waals surface area contributed by atoms with E-state index in [4.69, 9.17) is 0 Å². The Morgan fingerprint density at radius 3 is 2.83 bits per heavy atom. The van der Waals surface area contributed by atoms with Crippen molar-refractivity contribution >= 4 is 17.8 Å². The van der Waals surface area contributed by atoms with Crippen molar-refractivity contribution in [1.29, 1.82) is 0 Å². The highest BCUT2D eigenvalue weighted by molar-refractivity contribution is 7.96. The van der Waals surface area contributed by atoms with Crippen LogP contribution in [0.4, 0.5) is 0 Å². The van der Waals surface area contributed by atoms with E-state index in [-0.39, 0.29) is 0 Å². The molecular weight excluding hydrogens is 96.1 g/mol. The van der Waals surface area contributed by atoms with Gasteiger partial charge in [-0.3, -0.25) is 4.99 Å². The van der Waals surface area contributed by atoms with Gasteiger partial charge in [-0.25, -0.2) is 0 Å². The molecule has 1 aliphatic rings. The summed E-state index contributed by atoms with van der Waals surface area (Å²) in [6, 6.07) is 0. The molecule has 2 nitrogen and oxygen atoms in total. The zero-order valence-corrected chi connectivity index (χ0v) is 4.09. The van der Waals surface area contributed by atoms with E-state index in [1.807, 2.05) is 0 Å². The Morgan fingerprint density at radius 1 is 1.83 bits per heavy atom. The van der Waals surface area contributed by atoms with Crippen molar-refractivity contribution < 1.29 is 0 Å². The third-order valence-corrected chi connectivity index (χ3v) is 0.917. The maximum absolute atomic E-state index is 4.64. The van der Waals surface area contributed by atoms with Crippen LogP contribution in [0.15, 0.2) is 4.99 Å². The number of hydrogen-bond acceptors (Lipinski definition) is 2. The van der Waals surface area contributed by atoms with Crippen LogP contribution in [0, 0.1) is 0 Å². The van der Waals surface area contributed by atoms with Gasteiger partial charge >= 0.3 is 0 Å². The largest absolute Gasteiger partial charge is 0.359 e. The molecule has 1 N–H and O–H groups in total. The molecule has 0 fully saturated rings. The topological polar surface area (TPSA) is 24.4 Å². The quantitative estimate of drug-likeness (QED) is 0.461. The Kier molecular flexibility index (Phi) is 0.919. The van der Waals surface area contributed by atoms with Crippen molar-refractivity contribution in [2.45, 2.75) is 0 Å². The van der Waals surface area contributed by atoms with E-state index in [2.05, 4.69) is 22.9 Å². The first-order valence-electron chi connectivity index (χ1n) is 1.85. The fraction of sp³-hybridized carbons (Fsp3) is 0.667. The normalized spacial score (nSPS) is 19.7. The van der Waals surface area contributed by atoms with Gasteiger partial charge in [-0.15, -0.1) is 0 Å². The summed E-state index contributed by atoms with van der Waals surface area (Å²) >= 11 is 4.64. The molecule has 6 heavy (non-hydrogen) atoms. The molecule has 0 bridgehead atoms. The van der Waals surface area contributed by atoms with E-state index < -0.39 is 0 Å². The Morgan fingerprint density at radius 2 is 2.67 bits per heavy atom. The number of hydrogen-bond donors (Lipinski definition) is 1. The van der Waals surface area contributed by atoms with Crippen molar-refractivity contribution in [1.82, 2.24) is 5.32 Å². The summed E-state index contributed by atoms with van der Waals surface area (Å²) in [5.41, 5.74) is 0. The third-order valence-electron chi connectivity index (χ3n) is 0.643.